The van der Waals surface area contributed by atoms with Crippen molar-refractivity contribution in [2.75, 3.05) is 6.61 Å². The lowest BCUT2D eigenvalue weighted by Crippen LogP contribution is -2.61. The molecule has 212 valence electrons. The number of Topliss-reactive ketones (excluding diaryl/α,β-unsaturated/α-hetero) is 2. The fraction of sp³-hybridized carbons (Fsp3) is 0.429. The first kappa shape index (κ1) is 31.5. The Bertz CT molecular complexity index is 1470. The zero-order valence-corrected chi connectivity index (χ0v) is 21.0. The quantitative estimate of drug-likeness (QED) is 0.128. The average Bonchev–Trinajstić information content (AvgIpc) is 2.81. The Hall–Kier alpha value is -2.76. The molecule has 2 aromatic rings. The number of ketones is 2. The van der Waals surface area contributed by atoms with E-state index in [1.54, 1.807) is 6.92 Å². The van der Waals surface area contributed by atoms with Gasteiger partial charge >= 0.3 is 26.5 Å². The predicted octanol–water partition coefficient (Wildman–Crippen LogP) is 3.47. The summed E-state index contributed by atoms with van der Waals surface area (Å²) in [6, 6.07) is 5.91. The van der Waals surface area contributed by atoms with Gasteiger partial charge < -0.3 is 13.8 Å². The first-order chi connectivity index (χ1) is 17.1. The Kier molecular flexibility index (Phi) is 8.35. The molecular formula is C21H19F6O9S2-. The van der Waals surface area contributed by atoms with Crippen molar-refractivity contribution in [3.05, 3.63) is 42.0 Å². The standard InChI is InChI=1S/C21H20F6O9S2/c1-3-18(2,11-28)17(30)10-15(29)13-7-4-8-14-12(13)6-5-9-16(14)36-38(34,35)21(26,27)19(22,23)20(24,25)37(31,32)33/h4-9,28H,3,10-11H2,1-2H3,(H,31,32,33)/p-1. The number of aliphatic hydroxyl groups is 1. The molecule has 0 saturated carbocycles. The second-order valence-corrected chi connectivity index (χ2v) is 11.4. The van der Waals surface area contributed by atoms with Gasteiger partial charge in [0.1, 0.15) is 5.78 Å². The highest BCUT2D eigenvalue weighted by Gasteiger charge is 2.81. The Balaban J connectivity index is 2.56. The molecule has 2 aromatic carbocycles. The summed E-state index contributed by atoms with van der Waals surface area (Å²) < 4.78 is 142. The van der Waals surface area contributed by atoms with Crippen molar-refractivity contribution in [3.8, 4) is 5.75 Å². The highest BCUT2D eigenvalue weighted by molar-refractivity contribution is 7.88. The third-order valence-corrected chi connectivity index (χ3v) is 8.03. The van der Waals surface area contributed by atoms with Crippen LogP contribution in [0.1, 0.15) is 37.0 Å². The van der Waals surface area contributed by atoms with Gasteiger partial charge in [0.2, 0.25) is 0 Å². The van der Waals surface area contributed by atoms with Gasteiger partial charge in [0.05, 0.1) is 13.0 Å². The molecular weight excluding hydrogens is 574 g/mol. The highest BCUT2D eigenvalue weighted by atomic mass is 32.2. The maximum atomic E-state index is 14.2. The summed E-state index contributed by atoms with van der Waals surface area (Å²) >= 11 is 0. The molecule has 0 amide bonds. The first-order valence-electron chi connectivity index (χ1n) is 10.3. The van der Waals surface area contributed by atoms with E-state index in [1.807, 2.05) is 0 Å². The third kappa shape index (κ3) is 5.11. The van der Waals surface area contributed by atoms with E-state index in [2.05, 4.69) is 4.18 Å². The fourth-order valence-corrected chi connectivity index (χ4v) is 4.54. The van der Waals surface area contributed by atoms with Gasteiger partial charge in [-0.1, -0.05) is 44.2 Å². The largest absolute Gasteiger partial charge is 0.743 e. The number of hydrogen-bond acceptors (Lipinski definition) is 9. The minimum absolute atomic E-state index is 0.173. The number of fused-ring (bicyclic) bond motifs is 1. The van der Waals surface area contributed by atoms with E-state index in [4.69, 9.17) is 0 Å². The molecule has 0 saturated heterocycles. The van der Waals surface area contributed by atoms with E-state index in [1.165, 1.54) is 6.92 Å². The maximum absolute atomic E-state index is 14.2. The fourth-order valence-electron chi connectivity index (χ4n) is 3.10. The molecule has 0 spiro atoms. The Labute approximate surface area is 212 Å². The summed E-state index contributed by atoms with van der Waals surface area (Å²) in [7, 11) is -14.6. The molecule has 1 unspecified atom stereocenters. The summed E-state index contributed by atoms with van der Waals surface area (Å²) in [5.41, 5.74) is -1.53. The van der Waals surface area contributed by atoms with E-state index >= 15 is 0 Å². The smallest absolute Gasteiger partial charge is 0.450 e. The van der Waals surface area contributed by atoms with Crippen molar-refractivity contribution in [3.63, 3.8) is 0 Å². The molecule has 0 bridgehead atoms. The van der Waals surface area contributed by atoms with Crippen molar-refractivity contribution in [1.29, 1.82) is 0 Å². The number of carbonyl (C=O) groups excluding carboxylic acids is 2. The second-order valence-electron chi connectivity index (χ2n) is 8.35. The van der Waals surface area contributed by atoms with Crippen LogP contribution in [0.2, 0.25) is 0 Å². The molecule has 0 heterocycles. The van der Waals surface area contributed by atoms with E-state index in [9.17, 15) is 62.4 Å². The lowest BCUT2D eigenvalue weighted by atomic mass is 9.81. The predicted molar refractivity (Wildman–Crippen MR) is 117 cm³/mol. The van der Waals surface area contributed by atoms with E-state index in [0.29, 0.717) is 6.07 Å². The van der Waals surface area contributed by atoms with E-state index in [-0.39, 0.29) is 17.4 Å². The van der Waals surface area contributed by atoms with Crippen LogP contribution in [-0.4, -0.2) is 61.1 Å². The molecule has 0 aliphatic rings. The molecule has 38 heavy (non-hydrogen) atoms. The molecule has 1 atom stereocenters. The van der Waals surface area contributed by atoms with Gasteiger partial charge in [-0.2, -0.15) is 34.8 Å². The zero-order valence-electron chi connectivity index (χ0n) is 19.4. The number of hydrogen-bond donors (Lipinski definition) is 1. The molecule has 0 aliphatic carbocycles. The van der Waals surface area contributed by atoms with Crippen molar-refractivity contribution in [2.45, 2.75) is 43.1 Å². The number of carbonyl (C=O) groups is 2. The zero-order chi connectivity index (χ0) is 29.5. The van der Waals surface area contributed by atoms with Crippen LogP contribution >= 0.6 is 0 Å². The molecule has 0 aromatic heterocycles. The summed E-state index contributed by atoms with van der Waals surface area (Å²) in [6.45, 7) is 2.41. The second kappa shape index (κ2) is 10.1. The minimum Gasteiger partial charge on any atom is -0.743 e. The molecule has 9 nitrogen and oxygen atoms in total. The van der Waals surface area contributed by atoms with Crippen molar-refractivity contribution >= 4 is 42.6 Å². The Morgan fingerprint density at radius 1 is 0.921 bits per heavy atom. The van der Waals surface area contributed by atoms with E-state index < -0.39 is 77.8 Å². The lowest BCUT2D eigenvalue weighted by molar-refractivity contribution is -0.247. The lowest BCUT2D eigenvalue weighted by Gasteiger charge is -2.32. The molecule has 0 aliphatic heterocycles. The number of halogens is 6. The van der Waals surface area contributed by atoms with Gasteiger partial charge in [0.25, 0.3) is 0 Å². The SMILES string of the molecule is CCC(C)(CO)C(=O)CC(=O)c1cccc2c(OS(=O)(=O)C(F)(F)C(F)(F)C(F)(F)S(=O)(=O)[O-])cccc12. The van der Waals surface area contributed by atoms with Crippen LogP contribution < -0.4 is 4.18 Å². The monoisotopic (exact) mass is 593 g/mol. The highest BCUT2D eigenvalue weighted by Crippen LogP contribution is 2.51. The van der Waals surface area contributed by atoms with Gasteiger partial charge in [-0.3, -0.25) is 9.59 Å². The van der Waals surface area contributed by atoms with Crippen LogP contribution in [0.15, 0.2) is 36.4 Å². The summed E-state index contributed by atoms with van der Waals surface area (Å²) in [5.74, 6) is -9.92. The summed E-state index contributed by atoms with van der Waals surface area (Å²) in [5, 5.41) is -5.22. The first-order valence-corrected chi connectivity index (χ1v) is 13.1. The van der Waals surface area contributed by atoms with Crippen LogP contribution in [0.25, 0.3) is 10.8 Å². The van der Waals surface area contributed by atoms with Crippen molar-refractivity contribution in [1.82, 2.24) is 0 Å². The van der Waals surface area contributed by atoms with Gasteiger partial charge in [-0.25, -0.2) is 8.42 Å². The minimum atomic E-state index is -7.46. The van der Waals surface area contributed by atoms with Gasteiger partial charge in [0.15, 0.2) is 21.7 Å². The summed E-state index contributed by atoms with van der Waals surface area (Å²) in [4.78, 5) is 25.3. The molecule has 1 N–H and O–H groups in total. The average molecular weight is 593 g/mol. The van der Waals surface area contributed by atoms with Crippen LogP contribution in [0.4, 0.5) is 26.3 Å². The normalized spacial score (nSPS) is 15.2. The third-order valence-electron chi connectivity index (χ3n) is 5.86. The summed E-state index contributed by atoms with van der Waals surface area (Å²) in [6.07, 6.45) is -0.566. The van der Waals surface area contributed by atoms with Crippen molar-refractivity contribution in [2.24, 2.45) is 5.41 Å². The van der Waals surface area contributed by atoms with Crippen LogP contribution in [-0.2, 0) is 25.0 Å². The van der Waals surface area contributed by atoms with Crippen molar-refractivity contribution < 1.29 is 66.6 Å². The number of rotatable bonds is 12. The molecule has 2 rings (SSSR count). The number of alkyl halides is 6. The Morgan fingerprint density at radius 2 is 1.45 bits per heavy atom. The van der Waals surface area contributed by atoms with Crippen LogP contribution in [0.5, 0.6) is 5.75 Å². The van der Waals surface area contributed by atoms with Gasteiger partial charge in [-0.15, -0.1) is 0 Å². The van der Waals surface area contributed by atoms with Crippen LogP contribution in [0.3, 0.4) is 0 Å². The van der Waals surface area contributed by atoms with Gasteiger partial charge in [0, 0.05) is 16.4 Å². The molecule has 0 radical (unpaired) electrons. The Morgan fingerprint density at radius 3 is 1.95 bits per heavy atom. The topological polar surface area (TPSA) is 155 Å². The number of aliphatic hydroxyl groups excluding tert-OH is 1. The maximum Gasteiger partial charge on any atom is 0.450 e. The van der Waals surface area contributed by atoms with Crippen LogP contribution in [0, 0.1) is 5.41 Å². The van der Waals surface area contributed by atoms with E-state index in [0.717, 1.165) is 30.3 Å². The molecule has 17 heteroatoms. The molecule has 0 fully saturated rings. The van der Waals surface area contributed by atoms with Gasteiger partial charge in [-0.05, 0) is 17.9 Å². The number of benzene rings is 2.